The lowest BCUT2D eigenvalue weighted by Crippen LogP contribution is -2.50. The summed E-state index contributed by atoms with van der Waals surface area (Å²) in [7, 11) is 2.23. The van der Waals surface area contributed by atoms with Gasteiger partial charge in [0.25, 0.3) is 0 Å². The molecule has 0 saturated carbocycles. The van der Waals surface area contributed by atoms with Gasteiger partial charge in [0, 0.05) is 32.2 Å². The van der Waals surface area contributed by atoms with Gasteiger partial charge in [-0.3, -0.25) is 0 Å². The molecule has 1 saturated heterocycles. The summed E-state index contributed by atoms with van der Waals surface area (Å²) in [6, 6.07) is 0.734. The van der Waals surface area contributed by atoms with Gasteiger partial charge in [-0.1, -0.05) is 20.3 Å². The van der Waals surface area contributed by atoms with E-state index >= 15 is 0 Å². The average molecular weight is 184 g/mol. The molecule has 2 atom stereocenters. The Hall–Kier alpha value is -0.0800. The lowest BCUT2D eigenvalue weighted by Gasteiger charge is -2.38. The van der Waals surface area contributed by atoms with E-state index in [2.05, 4.69) is 37.6 Å². The van der Waals surface area contributed by atoms with E-state index < -0.39 is 0 Å². The molecule has 0 spiro atoms. The van der Waals surface area contributed by atoms with E-state index in [9.17, 15) is 0 Å². The maximum absolute atomic E-state index is 2.61. The highest BCUT2D eigenvalue weighted by Crippen LogP contribution is 2.10. The molecule has 78 valence electrons. The second-order valence-corrected chi connectivity index (χ2v) is 4.60. The van der Waals surface area contributed by atoms with Crippen molar-refractivity contribution in [2.45, 2.75) is 33.2 Å². The number of hydrogen-bond acceptors (Lipinski definition) is 2. The molecule has 0 aromatic heterocycles. The number of piperazine rings is 1. The minimum absolute atomic E-state index is 0.734. The number of likely N-dealkylation sites (N-methyl/N-ethyl adjacent to an activating group) is 1. The summed E-state index contributed by atoms with van der Waals surface area (Å²) in [5, 5.41) is 0. The molecule has 0 aromatic rings. The molecule has 2 unspecified atom stereocenters. The zero-order valence-corrected chi connectivity index (χ0v) is 9.58. The van der Waals surface area contributed by atoms with Gasteiger partial charge in [-0.25, -0.2) is 0 Å². The van der Waals surface area contributed by atoms with Gasteiger partial charge >= 0.3 is 0 Å². The number of hydrogen-bond donors (Lipinski definition) is 0. The fourth-order valence-electron chi connectivity index (χ4n) is 1.86. The molecule has 0 amide bonds. The third-order valence-electron chi connectivity index (χ3n) is 3.31. The van der Waals surface area contributed by atoms with Gasteiger partial charge in [-0.2, -0.15) is 0 Å². The van der Waals surface area contributed by atoms with Crippen molar-refractivity contribution in [2.24, 2.45) is 5.92 Å². The fraction of sp³-hybridized carbons (Fsp3) is 1.00. The van der Waals surface area contributed by atoms with Gasteiger partial charge in [-0.05, 0) is 19.9 Å². The Balaban J connectivity index is 2.29. The first-order valence-corrected chi connectivity index (χ1v) is 5.56. The topological polar surface area (TPSA) is 6.48 Å². The Kier molecular flexibility index (Phi) is 4.20. The molecule has 2 heteroatoms. The molecule has 2 nitrogen and oxygen atoms in total. The van der Waals surface area contributed by atoms with Gasteiger partial charge in [0.05, 0.1) is 0 Å². The van der Waals surface area contributed by atoms with E-state index in [1.165, 1.54) is 32.6 Å². The Morgan fingerprint density at radius 2 is 2.08 bits per heavy atom. The van der Waals surface area contributed by atoms with Crippen molar-refractivity contribution in [1.29, 1.82) is 0 Å². The van der Waals surface area contributed by atoms with Gasteiger partial charge < -0.3 is 9.80 Å². The highest BCUT2D eigenvalue weighted by molar-refractivity contribution is 4.77. The van der Waals surface area contributed by atoms with Crippen LogP contribution in [0.15, 0.2) is 0 Å². The van der Waals surface area contributed by atoms with Gasteiger partial charge in [0.15, 0.2) is 0 Å². The van der Waals surface area contributed by atoms with Gasteiger partial charge in [0.2, 0.25) is 0 Å². The van der Waals surface area contributed by atoms with Crippen LogP contribution in [0.25, 0.3) is 0 Å². The monoisotopic (exact) mass is 184 g/mol. The second-order valence-electron chi connectivity index (χ2n) is 4.60. The Morgan fingerprint density at radius 1 is 1.38 bits per heavy atom. The largest absolute Gasteiger partial charge is 0.301 e. The van der Waals surface area contributed by atoms with Crippen LogP contribution < -0.4 is 0 Å². The van der Waals surface area contributed by atoms with E-state index in [4.69, 9.17) is 0 Å². The second kappa shape index (κ2) is 4.97. The fourth-order valence-corrected chi connectivity index (χ4v) is 1.86. The Labute approximate surface area is 82.9 Å². The minimum Gasteiger partial charge on any atom is -0.301 e. The van der Waals surface area contributed by atoms with Crippen LogP contribution >= 0.6 is 0 Å². The lowest BCUT2D eigenvalue weighted by molar-refractivity contribution is 0.0938. The molecule has 0 aromatic carbocycles. The first kappa shape index (κ1) is 11.0. The highest BCUT2D eigenvalue weighted by Gasteiger charge is 2.20. The van der Waals surface area contributed by atoms with Gasteiger partial charge in [-0.15, -0.1) is 0 Å². The highest BCUT2D eigenvalue weighted by atomic mass is 15.3. The van der Waals surface area contributed by atoms with E-state index in [1.807, 2.05) is 0 Å². The van der Waals surface area contributed by atoms with Crippen molar-refractivity contribution < 1.29 is 0 Å². The molecule has 13 heavy (non-hydrogen) atoms. The molecule has 0 radical (unpaired) electrons. The number of rotatable bonds is 3. The van der Waals surface area contributed by atoms with Crippen LogP contribution in [0.3, 0.4) is 0 Å². The molecule has 0 bridgehead atoms. The third-order valence-corrected chi connectivity index (χ3v) is 3.31. The summed E-state index contributed by atoms with van der Waals surface area (Å²) >= 11 is 0. The zero-order valence-electron chi connectivity index (χ0n) is 9.58. The van der Waals surface area contributed by atoms with Crippen LogP contribution in [0.4, 0.5) is 0 Å². The SMILES string of the molecule is CCC(C)CN1CCN(C)C(C)C1. The van der Waals surface area contributed by atoms with Crippen molar-refractivity contribution in [2.75, 3.05) is 33.2 Å². The van der Waals surface area contributed by atoms with Crippen molar-refractivity contribution in [3.8, 4) is 0 Å². The van der Waals surface area contributed by atoms with Crippen LogP contribution in [0, 0.1) is 5.92 Å². The van der Waals surface area contributed by atoms with Crippen molar-refractivity contribution in [3.63, 3.8) is 0 Å². The molecule has 1 aliphatic rings. The predicted octanol–water partition coefficient (Wildman–Crippen LogP) is 1.67. The zero-order chi connectivity index (χ0) is 9.84. The van der Waals surface area contributed by atoms with Gasteiger partial charge in [0.1, 0.15) is 0 Å². The smallest absolute Gasteiger partial charge is 0.0192 e. The maximum Gasteiger partial charge on any atom is 0.0192 e. The lowest BCUT2D eigenvalue weighted by atomic mass is 10.1. The summed E-state index contributed by atoms with van der Waals surface area (Å²) in [6.07, 6.45) is 1.31. The van der Waals surface area contributed by atoms with Crippen molar-refractivity contribution in [1.82, 2.24) is 9.80 Å². The standard InChI is InChI=1S/C11H24N2/c1-5-10(2)8-13-7-6-12(4)11(3)9-13/h10-11H,5-9H2,1-4H3. The summed E-state index contributed by atoms with van der Waals surface area (Å²) in [4.78, 5) is 5.06. The first-order chi connectivity index (χ1) is 6.13. The minimum atomic E-state index is 0.734. The Morgan fingerprint density at radius 3 is 2.62 bits per heavy atom. The predicted molar refractivity (Wildman–Crippen MR) is 58.0 cm³/mol. The summed E-state index contributed by atoms with van der Waals surface area (Å²) in [5.74, 6) is 0.857. The summed E-state index contributed by atoms with van der Waals surface area (Å²) < 4.78 is 0. The normalized spacial score (nSPS) is 29.1. The quantitative estimate of drug-likeness (QED) is 0.658. The van der Waals surface area contributed by atoms with Crippen LogP contribution in [0.2, 0.25) is 0 Å². The van der Waals surface area contributed by atoms with E-state index in [1.54, 1.807) is 0 Å². The summed E-state index contributed by atoms with van der Waals surface area (Å²) in [5.41, 5.74) is 0. The number of nitrogens with zero attached hydrogens (tertiary/aromatic N) is 2. The van der Waals surface area contributed by atoms with Crippen LogP contribution in [-0.2, 0) is 0 Å². The molecular weight excluding hydrogens is 160 g/mol. The maximum atomic E-state index is 2.61. The van der Waals surface area contributed by atoms with Crippen LogP contribution in [0.5, 0.6) is 0 Å². The Bertz CT molecular complexity index is 145. The molecule has 0 N–H and O–H groups in total. The summed E-state index contributed by atoms with van der Waals surface area (Å²) in [6.45, 7) is 12.0. The van der Waals surface area contributed by atoms with Crippen LogP contribution in [-0.4, -0.2) is 49.1 Å². The molecule has 1 heterocycles. The van der Waals surface area contributed by atoms with E-state index in [0.717, 1.165) is 12.0 Å². The van der Waals surface area contributed by atoms with E-state index in [-0.39, 0.29) is 0 Å². The molecule has 0 aliphatic carbocycles. The van der Waals surface area contributed by atoms with Crippen molar-refractivity contribution >= 4 is 0 Å². The first-order valence-electron chi connectivity index (χ1n) is 5.56. The van der Waals surface area contributed by atoms with E-state index in [0.29, 0.717) is 0 Å². The van der Waals surface area contributed by atoms with Crippen molar-refractivity contribution in [3.05, 3.63) is 0 Å². The van der Waals surface area contributed by atoms with Crippen LogP contribution in [0.1, 0.15) is 27.2 Å². The molecular formula is C11H24N2. The molecule has 1 fully saturated rings. The average Bonchev–Trinajstić information content (AvgIpc) is 2.11. The third kappa shape index (κ3) is 3.28. The molecule has 1 rings (SSSR count). The molecule has 1 aliphatic heterocycles.